The van der Waals surface area contributed by atoms with Gasteiger partial charge in [-0.05, 0) is 18.9 Å². The number of nitrogens with zero attached hydrogens (tertiary/aromatic N) is 1. The number of hydrogen-bond acceptors (Lipinski definition) is 2. The SMILES string of the molecule is ClCC1(Nc2ncc(Cl)cc2Cl)CCCCC1. The molecular weight excluding hydrogens is 279 g/mol. The maximum atomic E-state index is 6.12. The van der Waals surface area contributed by atoms with Crippen molar-refractivity contribution < 1.29 is 0 Å². The van der Waals surface area contributed by atoms with Crippen LogP contribution in [0.4, 0.5) is 5.82 Å². The van der Waals surface area contributed by atoms with Crippen molar-refractivity contribution in [1.82, 2.24) is 4.98 Å². The standard InChI is InChI=1S/C12H15Cl3N2/c13-8-12(4-2-1-3-5-12)17-11-10(15)6-9(14)7-16-11/h6-7H,1-5,8H2,(H,16,17). The van der Waals surface area contributed by atoms with Crippen LogP contribution in [0.25, 0.3) is 0 Å². The summed E-state index contributed by atoms with van der Waals surface area (Å²) in [6, 6.07) is 1.70. The second kappa shape index (κ2) is 5.64. The smallest absolute Gasteiger partial charge is 0.145 e. The molecule has 0 unspecified atom stereocenters. The molecule has 0 atom stereocenters. The highest BCUT2D eigenvalue weighted by Gasteiger charge is 2.31. The van der Waals surface area contributed by atoms with Crippen LogP contribution >= 0.6 is 34.8 Å². The predicted octanol–water partition coefficient (Wildman–Crippen LogP) is 4.74. The Balaban J connectivity index is 2.17. The lowest BCUT2D eigenvalue weighted by molar-refractivity contribution is 0.352. The Hall–Kier alpha value is -0.180. The Bertz CT molecular complexity index is 389. The average Bonchev–Trinajstić information content (AvgIpc) is 2.34. The predicted molar refractivity (Wildman–Crippen MR) is 74.4 cm³/mol. The van der Waals surface area contributed by atoms with E-state index >= 15 is 0 Å². The minimum Gasteiger partial charge on any atom is -0.362 e. The molecule has 1 fully saturated rings. The Morgan fingerprint density at radius 3 is 2.53 bits per heavy atom. The summed E-state index contributed by atoms with van der Waals surface area (Å²) < 4.78 is 0. The first-order valence-corrected chi connectivity index (χ1v) is 7.09. The van der Waals surface area contributed by atoms with Gasteiger partial charge < -0.3 is 5.32 Å². The summed E-state index contributed by atoms with van der Waals surface area (Å²) in [4.78, 5) is 4.23. The van der Waals surface area contributed by atoms with Gasteiger partial charge in [-0.25, -0.2) is 4.98 Å². The first-order chi connectivity index (χ1) is 8.15. The van der Waals surface area contributed by atoms with E-state index in [1.54, 1.807) is 12.3 Å². The number of halogens is 3. The minimum atomic E-state index is -0.0652. The van der Waals surface area contributed by atoms with Crippen LogP contribution in [0.15, 0.2) is 12.3 Å². The molecule has 0 amide bonds. The Morgan fingerprint density at radius 1 is 1.24 bits per heavy atom. The van der Waals surface area contributed by atoms with Gasteiger partial charge in [0.1, 0.15) is 5.82 Å². The van der Waals surface area contributed by atoms with Gasteiger partial charge in [0.2, 0.25) is 0 Å². The molecule has 0 aromatic carbocycles. The zero-order chi connectivity index (χ0) is 12.3. The average molecular weight is 294 g/mol. The van der Waals surface area contributed by atoms with E-state index in [1.165, 1.54) is 19.3 Å². The van der Waals surface area contributed by atoms with Crippen molar-refractivity contribution in [1.29, 1.82) is 0 Å². The van der Waals surface area contributed by atoms with Crippen molar-refractivity contribution in [2.75, 3.05) is 11.2 Å². The van der Waals surface area contributed by atoms with Gasteiger partial charge in [-0.3, -0.25) is 0 Å². The van der Waals surface area contributed by atoms with Crippen LogP contribution < -0.4 is 5.32 Å². The first-order valence-electron chi connectivity index (χ1n) is 5.80. The summed E-state index contributed by atoms with van der Waals surface area (Å²) >= 11 is 18.1. The highest BCUT2D eigenvalue weighted by molar-refractivity contribution is 6.36. The largest absolute Gasteiger partial charge is 0.362 e. The van der Waals surface area contributed by atoms with Crippen LogP contribution in [0, 0.1) is 0 Å². The number of alkyl halides is 1. The first kappa shape index (κ1) is 13.3. The van der Waals surface area contributed by atoms with Crippen molar-refractivity contribution in [3.8, 4) is 0 Å². The van der Waals surface area contributed by atoms with Crippen molar-refractivity contribution in [2.24, 2.45) is 0 Å². The maximum Gasteiger partial charge on any atom is 0.145 e. The quantitative estimate of drug-likeness (QED) is 0.814. The molecule has 17 heavy (non-hydrogen) atoms. The van der Waals surface area contributed by atoms with Gasteiger partial charge >= 0.3 is 0 Å². The van der Waals surface area contributed by atoms with Crippen LogP contribution in [-0.2, 0) is 0 Å². The number of rotatable bonds is 3. The molecule has 0 radical (unpaired) electrons. The molecule has 0 spiro atoms. The van der Waals surface area contributed by atoms with Gasteiger partial charge in [0.15, 0.2) is 0 Å². The summed E-state index contributed by atoms with van der Waals surface area (Å²) in [5.74, 6) is 1.26. The molecule has 94 valence electrons. The molecule has 1 aliphatic rings. The second-order valence-corrected chi connectivity index (χ2v) is 5.69. The van der Waals surface area contributed by atoms with E-state index < -0.39 is 0 Å². The van der Waals surface area contributed by atoms with Crippen molar-refractivity contribution in [3.05, 3.63) is 22.3 Å². The van der Waals surface area contributed by atoms with Gasteiger partial charge in [-0.15, -0.1) is 11.6 Å². The van der Waals surface area contributed by atoms with E-state index in [0.29, 0.717) is 21.7 Å². The lowest BCUT2D eigenvalue weighted by Crippen LogP contribution is -2.42. The molecule has 0 aliphatic heterocycles. The molecular formula is C12H15Cl3N2. The Kier molecular flexibility index (Phi) is 4.40. The van der Waals surface area contributed by atoms with Crippen LogP contribution in [0.5, 0.6) is 0 Å². The van der Waals surface area contributed by atoms with Crippen LogP contribution in [0.3, 0.4) is 0 Å². The van der Waals surface area contributed by atoms with Gasteiger partial charge in [-0.2, -0.15) is 0 Å². The fraction of sp³-hybridized carbons (Fsp3) is 0.583. The lowest BCUT2D eigenvalue weighted by atomic mass is 9.83. The molecule has 1 aromatic rings. The normalized spacial score (nSPS) is 19.0. The number of pyridine rings is 1. The van der Waals surface area contributed by atoms with Crippen molar-refractivity contribution in [3.63, 3.8) is 0 Å². The third kappa shape index (κ3) is 3.18. The van der Waals surface area contributed by atoms with E-state index in [1.807, 2.05) is 0 Å². The third-order valence-electron chi connectivity index (χ3n) is 3.26. The fourth-order valence-corrected chi connectivity index (χ4v) is 3.04. The van der Waals surface area contributed by atoms with Crippen LogP contribution in [0.2, 0.25) is 10.0 Å². The highest BCUT2D eigenvalue weighted by atomic mass is 35.5. The molecule has 2 nitrogen and oxygen atoms in total. The number of hydrogen-bond donors (Lipinski definition) is 1. The van der Waals surface area contributed by atoms with Gasteiger partial charge in [0.25, 0.3) is 0 Å². The highest BCUT2D eigenvalue weighted by Crippen LogP contribution is 2.34. The molecule has 2 rings (SSSR count). The Morgan fingerprint density at radius 2 is 1.94 bits per heavy atom. The number of nitrogens with one attached hydrogen (secondary N) is 1. The number of anilines is 1. The van der Waals surface area contributed by atoms with E-state index in [9.17, 15) is 0 Å². The van der Waals surface area contributed by atoms with Gasteiger partial charge in [0.05, 0.1) is 15.6 Å². The summed E-state index contributed by atoms with van der Waals surface area (Å²) in [5.41, 5.74) is -0.0652. The third-order valence-corrected chi connectivity index (χ3v) is 4.26. The molecule has 0 bridgehead atoms. The molecule has 1 aromatic heterocycles. The fourth-order valence-electron chi connectivity index (χ4n) is 2.28. The van der Waals surface area contributed by atoms with Crippen molar-refractivity contribution in [2.45, 2.75) is 37.6 Å². The van der Waals surface area contributed by atoms with Crippen LogP contribution in [-0.4, -0.2) is 16.4 Å². The van der Waals surface area contributed by atoms with E-state index in [4.69, 9.17) is 34.8 Å². The molecule has 1 N–H and O–H groups in total. The molecule has 0 saturated heterocycles. The summed E-state index contributed by atoms with van der Waals surface area (Å²) in [7, 11) is 0. The lowest BCUT2D eigenvalue weighted by Gasteiger charge is -2.37. The minimum absolute atomic E-state index is 0.0652. The molecule has 1 heterocycles. The van der Waals surface area contributed by atoms with E-state index in [2.05, 4.69) is 10.3 Å². The topological polar surface area (TPSA) is 24.9 Å². The molecule has 5 heteroatoms. The van der Waals surface area contributed by atoms with Crippen LogP contribution in [0.1, 0.15) is 32.1 Å². The second-order valence-electron chi connectivity index (χ2n) is 4.58. The molecule has 1 saturated carbocycles. The van der Waals surface area contributed by atoms with Gasteiger partial charge in [0, 0.05) is 12.1 Å². The van der Waals surface area contributed by atoms with Gasteiger partial charge in [-0.1, -0.05) is 42.5 Å². The zero-order valence-corrected chi connectivity index (χ0v) is 11.7. The maximum absolute atomic E-state index is 6.12. The monoisotopic (exact) mass is 292 g/mol. The zero-order valence-electron chi connectivity index (χ0n) is 9.48. The molecule has 1 aliphatic carbocycles. The Labute approximate surface area is 117 Å². The van der Waals surface area contributed by atoms with E-state index in [0.717, 1.165) is 12.8 Å². The summed E-state index contributed by atoms with van der Waals surface area (Å²) in [6.07, 6.45) is 7.41. The summed E-state index contributed by atoms with van der Waals surface area (Å²) in [6.45, 7) is 0. The number of aromatic nitrogens is 1. The van der Waals surface area contributed by atoms with Crippen molar-refractivity contribution >= 4 is 40.6 Å². The summed E-state index contributed by atoms with van der Waals surface area (Å²) in [5, 5.41) is 4.50. The van der Waals surface area contributed by atoms with E-state index in [-0.39, 0.29) is 5.54 Å².